The lowest BCUT2D eigenvalue weighted by atomic mass is 10.1. The fourth-order valence-corrected chi connectivity index (χ4v) is 2.73. The second-order valence-electron chi connectivity index (χ2n) is 5.31. The molecule has 3 rings (SSSR count). The van der Waals surface area contributed by atoms with Crippen molar-refractivity contribution in [2.45, 2.75) is 12.1 Å². The highest BCUT2D eigenvalue weighted by Gasteiger charge is 2.11. The minimum absolute atomic E-state index is 0.0678. The Labute approximate surface area is 153 Å². The predicted octanol–water partition coefficient (Wildman–Crippen LogP) is 1.73. The molecule has 0 atom stereocenters. The summed E-state index contributed by atoms with van der Waals surface area (Å²) < 4.78 is 0. The Balaban J connectivity index is 1.48. The van der Waals surface area contributed by atoms with Gasteiger partial charge in [-0.1, -0.05) is 30.0 Å². The number of nitrogens with one attached hydrogen (secondary N) is 3. The number of aryl methyl sites for hydroxylation is 1. The Morgan fingerprint density at radius 1 is 1.15 bits per heavy atom. The Bertz CT molecular complexity index is 912. The SMILES string of the molecule is Cc1ccccc1C(=O)NNC(=O)CSc1n[nH]c(-c2cccnc2)n1. The monoisotopic (exact) mass is 368 g/mol. The number of rotatable bonds is 5. The number of H-pyrrole nitrogens is 1. The summed E-state index contributed by atoms with van der Waals surface area (Å²) >= 11 is 1.16. The summed E-state index contributed by atoms with van der Waals surface area (Å²) in [5.41, 5.74) is 6.93. The molecule has 8 nitrogen and oxygen atoms in total. The number of carbonyl (C=O) groups is 2. The number of hydrogen-bond acceptors (Lipinski definition) is 6. The number of amides is 2. The highest BCUT2D eigenvalue weighted by Crippen LogP contribution is 2.17. The number of benzene rings is 1. The van der Waals surface area contributed by atoms with Gasteiger partial charge in [-0.15, -0.1) is 5.10 Å². The minimum Gasteiger partial charge on any atom is -0.272 e. The van der Waals surface area contributed by atoms with Gasteiger partial charge in [0.15, 0.2) is 5.82 Å². The smallest absolute Gasteiger partial charge is 0.269 e. The van der Waals surface area contributed by atoms with Crippen molar-refractivity contribution in [3.8, 4) is 11.4 Å². The first-order chi connectivity index (χ1) is 12.6. The highest BCUT2D eigenvalue weighted by molar-refractivity contribution is 7.99. The van der Waals surface area contributed by atoms with Crippen LogP contribution >= 0.6 is 11.8 Å². The maximum absolute atomic E-state index is 12.0. The minimum atomic E-state index is -0.363. The average molecular weight is 368 g/mol. The van der Waals surface area contributed by atoms with Crippen LogP contribution in [-0.2, 0) is 4.79 Å². The van der Waals surface area contributed by atoms with Gasteiger partial charge in [-0.25, -0.2) is 4.98 Å². The lowest BCUT2D eigenvalue weighted by Crippen LogP contribution is -2.42. The summed E-state index contributed by atoms with van der Waals surface area (Å²) in [5.74, 6) is -0.0741. The third-order valence-corrected chi connectivity index (χ3v) is 4.28. The molecule has 0 spiro atoms. The predicted molar refractivity (Wildman–Crippen MR) is 97.1 cm³/mol. The van der Waals surface area contributed by atoms with Gasteiger partial charge in [-0.05, 0) is 30.7 Å². The largest absolute Gasteiger partial charge is 0.272 e. The van der Waals surface area contributed by atoms with E-state index in [9.17, 15) is 9.59 Å². The Morgan fingerprint density at radius 2 is 2.00 bits per heavy atom. The van der Waals surface area contributed by atoms with E-state index in [2.05, 4.69) is 31.0 Å². The van der Waals surface area contributed by atoms with E-state index in [4.69, 9.17) is 0 Å². The molecule has 3 N–H and O–H groups in total. The summed E-state index contributed by atoms with van der Waals surface area (Å²) in [6, 6.07) is 10.8. The fourth-order valence-electron chi connectivity index (χ4n) is 2.13. The van der Waals surface area contributed by atoms with Gasteiger partial charge in [-0.3, -0.25) is 30.5 Å². The van der Waals surface area contributed by atoms with E-state index < -0.39 is 0 Å². The van der Waals surface area contributed by atoms with E-state index in [0.717, 1.165) is 22.9 Å². The van der Waals surface area contributed by atoms with Gasteiger partial charge in [0.1, 0.15) is 0 Å². The van der Waals surface area contributed by atoms with E-state index in [-0.39, 0.29) is 17.6 Å². The van der Waals surface area contributed by atoms with Crippen LogP contribution in [0.4, 0.5) is 0 Å². The Hall–Kier alpha value is -3.20. The van der Waals surface area contributed by atoms with Crippen molar-refractivity contribution < 1.29 is 9.59 Å². The second-order valence-corrected chi connectivity index (χ2v) is 6.26. The molecule has 1 aromatic carbocycles. The molecule has 0 saturated carbocycles. The molecule has 0 aliphatic carbocycles. The van der Waals surface area contributed by atoms with Gasteiger partial charge in [-0.2, -0.15) is 0 Å². The molecule has 3 aromatic rings. The standard InChI is InChI=1S/C17H16N6O2S/c1-11-5-2-3-7-13(11)16(25)22-20-14(24)10-26-17-19-15(21-23-17)12-6-4-8-18-9-12/h2-9H,10H2,1H3,(H,20,24)(H,22,25)(H,19,21,23). The van der Waals surface area contributed by atoms with E-state index in [1.165, 1.54) is 0 Å². The van der Waals surface area contributed by atoms with Gasteiger partial charge >= 0.3 is 0 Å². The molecular weight excluding hydrogens is 352 g/mol. The zero-order valence-electron chi connectivity index (χ0n) is 13.9. The molecule has 0 fully saturated rings. The fraction of sp³-hybridized carbons (Fsp3) is 0.118. The van der Waals surface area contributed by atoms with Gasteiger partial charge in [0.2, 0.25) is 11.1 Å². The molecule has 9 heteroatoms. The highest BCUT2D eigenvalue weighted by atomic mass is 32.2. The van der Waals surface area contributed by atoms with Gasteiger partial charge in [0.05, 0.1) is 5.75 Å². The number of pyridine rings is 1. The number of hydrazine groups is 1. The molecule has 0 saturated heterocycles. The van der Waals surface area contributed by atoms with Gasteiger partial charge in [0.25, 0.3) is 5.91 Å². The molecule has 2 heterocycles. The van der Waals surface area contributed by atoms with Crippen LogP contribution in [0.3, 0.4) is 0 Å². The van der Waals surface area contributed by atoms with E-state index in [1.54, 1.807) is 30.6 Å². The first-order valence-corrected chi connectivity index (χ1v) is 8.72. The van der Waals surface area contributed by atoms with Crippen molar-refractivity contribution in [2.24, 2.45) is 0 Å². The molecule has 0 aliphatic heterocycles. The number of aromatic nitrogens is 4. The van der Waals surface area contributed by atoms with Crippen LogP contribution in [0.1, 0.15) is 15.9 Å². The van der Waals surface area contributed by atoms with Crippen molar-refractivity contribution in [1.29, 1.82) is 0 Å². The van der Waals surface area contributed by atoms with Crippen LogP contribution in [0, 0.1) is 6.92 Å². The number of nitrogens with zero attached hydrogens (tertiary/aromatic N) is 3. The zero-order chi connectivity index (χ0) is 18.4. The van der Waals surface area contributed by atoms with Gasteiger partial charge in [0, 0.05) is 23.5 Å². The molecular formula is C17H16N6O2S. The number of thioether (sulfide) groups is 1. The molecule has 0 bridgehead atoms. The first kappa shape index (κ1) is 17.6. The zero-order valence-corrected chi connectivity index (χ0v) is 14.7. The molecule has 2 amide bonds. The number of carbonyl (C=O) groups excluding carboxylic acids is 2. The third kappa shape index (κ3) is 4.45. The third-order valence-electron chi connectivity index (χ3n) is 3.44. The molecule has 0 unspecified atom stereocenters. The van der Waals surface area contributed by atoms with Gasteiger partial charge < -0.3 is 0 Å². The Morgan fingerprint density at radius 3 is 2.77 bits per heavy atom. The second kappa shape index (κ2) is 8.26. The van der Waals surface area contributed by atoms with Crippen LogP contribution in [0.2, 0.25) is 0 Å². The van der Waals surface area contributed by atoms with Crippen molar-refractivity contribution in [2.75, 3.05) is 5.75 Å². The van der Waals surface area contributed by atoms with Crippen molar-refractivity contribution in [3.05, 3.63) is 59.9 Å². The number of aromatic amines is 1. The molecule has 26 heavy (non-hydrogen) atoms. The topological polar surface area (TPSA) is 113 Å². The van der Waals surface area contributed by atoms with Crippen molar-refractivity contribution in [3.63, 3.8) is 0 Å². The summed E-state index contributed by atoms with van der Waals surface area (Å²) in [7, 11) is 0. The molecule has 0 aliphatic rings. The van der Waals surface area contributed by atoms with Crippen LogP contribution < -0.4 is 10.9 Å². The van der Waals surface area contributed by atoms with Crippen LogP contribution in [0.15, 0.2) is 53.9 Å². The van der Waals surface area contributed by atoms with Crippen molar-refractivity contribution >= 4 is 23.6 Å². The van der Waals surface area contributed by atoms with Crippen molar-refractivity contribution in [1.82, 2.24) is 31.0 Å². The van der Waals surface area contributed by atoms with E-state index in [0.29, 0.717) is 16.5 Å². The van der Waals surface area contributed by atoms with E-state index >= 15 is 0 Å². The average Bonchev–Trinajstić information content (AvgIpc) is 3.14. The Kier molecular flexibility index (Phi) is 5.59. The quantitative estimate of drug-likeness (QED) is 0.467. The molecule has 2 aromatic heterocycles. The lowest BCUT2D eigenvalue weighted by molar-refractivity contribution is -0.119. The summed E-state index contributed by atoms with van der Waals surface area (Å²) in [6.45, 7) is 1.83. The van der Waals surface area contributed by atoms with E-state index in [1.807, 2.05) is 25.1 Å². The summed E-state index contributed by atoms with van der Waals surface area (Å²) in [4.78, 5) is 32.2. The van der Waals surface area contributed by atoms with Crippen LogP contribution in [0.5, 0.6) is 0 Å². The molecule has 132 valence electrons. The summed E-state index contributed by atoms with van der Waals surface area (Å²) in [5, 5.41) is 7.29. The number of hydrogen-bond donors (Lipinski definition) is 3. The first-order valence-electron chi connectivity index (χ1n) is 7.74. The maximum atomic E-state index is 12.0. The lowest BCUT2D eigenvalue weighted by Gasteiger charge is -2.08. The molecule has 0 radical (unpaired) electrons. The van der Waals surface area contributed by atoms with Crippen LogP contribution in [-0.4, -0.2) is 37.7 Å². The normalized spacial score (nSPS) is 10.3. The summed E-state index contributed by atoms with van der Waals surface area (Å²) in [6.07, 6.45) is 3.34. The maximum Gasteiger partial charge on any atom is 0.269 e. The van der Waals surface area contributed by atoms with Crippen LogP contribution in [0.25, 0.3) is 11.4 Å².